The highest BCUT2D eigenvalue weighted by Gasteiger charge is 2.05. The number of benzene rings is 1. The molecule has 0 saturated heterocycles. The number of hydrogen-bond donors (Lipinski definition) is 3. The van der Waals surface area contributed by atoms with Gasteiger partial charge < -0.3 is 10.6 Å². The van der Waals surface area contributed by atoms with Gasteiger partial charge in [-0.25, -0.2) is 4.79 Å². The van der Waals surface area contributed by atoms with Crippen molar-refractivity contribution < 1.29 is 9.59 Å². The SMILES string of the molecule is CNC(=O)NC(=O)CNc1cccc(-c2ccsc2)c1. The van der Waals surface area contributed by atoms with E-state index in [1.54, 1.807) is 11.3 Å². The van der Waals surface area contributed by atoms with Crippen molar-refractivity contribution in [2.24, 2.45) is 0 Å². The van der Waals surface area contributed by atoms with Gasteiger partial charge in [0.1, 0.15) is 0 Å². The molecule has 1 aromatic carbocycles. The van der Waals surface area contributed by atoms with Crippen LogP contribution in [0.25, 0.3) is 11.1 Å². The summed E-state index contributed by atoms with van der Waals surface area (Å²) in [4.78, 5) is 22.4. The van der Waals surface area contributed by atoms with Gasteiger partial charge in [0.05, 0.1) is 6.54 Å². The van der Waals surface area contributed by atoms with Crippen molar-refractivity contribution >= 4 is 29.0 Å². The van der Waals surface area contributed by atoms with Gasteiger partial charge in [-0.3, -0.25) is 10.1 Å². The molecular formula is C14H15N3O2S. The maximum absolute atomic E-state index is 11.5. The van der Waals surface area contributed by atoms with Gasteiger partial charge in [0.25, 0.3) is 0 Å². The third-order valence-electron chi connectivity index (χ3n) is 2.65. The number of carbonyl (C=O) groups excluding carboxylic acids is 2. The second kappa shape index (κ2) is 6.72. The minimum Gasteiger partial charge on any atom is -0.376 e. The zero-order valence-corrected chi connectivity index (χ0v) is 11.8. The topological polar surface area (TPSA) is 70.2 Å². The fourth-order valence-electron chi connectivity index (χ4n) is 1.65. The van der Waals surface area contributed by atoms with Gasteiger partial charge >= 0.3 is 6.03 Å². The molecule has 0 unspecified atom stereocenters. The zero-order valence-electron chi connectivity index (χ0n) is 11.0. The second-order valence-corrected chi connectivity index (χ2v) is 4.85. The Morgan fingerprint density at radius 3 is 2.75 bits per heavy atom. The Morgan fingerprint density at radius 1 is 1.20 bits per heavy atom. The third kappa shape index (κ3) is 3.83. The first-order valence-electron chi connectivity index (χ1n) is 6.07. The normalized spacial score (nSPS) is 9.85. The molecule has 0 fully saturated rings. The van der Waals surface area contributed by atoms with Gasteiger partial charge in [-0.15, -0.1) is 0 Å². The molecule has 0 saturated carbocycles. The number of imide groups is 1. The Bertz CT molecular complexity index is 596. The van der Waals surface area contributed by atoms with Gasteiger partial charge in [0.2, 0.25) is 5.91 Å². The van der Waals surface area contributed by atoms with Gasteiger partial charge in [-0.1, -0.05) is 12.1 Å². The average Bonchev–Trinajstić information content (AvgIpc) is 2.99. The molecule has 5 nitrogen and oxygen atoms in total. The van der Waals surface area contributed by atoms with Crippen molar-refractivity contribution in [2.45, 2.75) is 0 Å². The first kappa shape index (κ1) is 14.1. The number of urea groups is 1. The van der Waals surface area contributed by atoms with Crippen LogP contribution in [0.3, 0.4) is 0 Å². The highest BCUT2D eigenvalue weighted by molar-refractivity contribution is 7.08. The molecule has 0 atom stereocenters. The van der Waals surface area contributed by atoms with E-state index in [-0.39, 0.29) is 12.5 Å². The van der Waals surface area contributed by atoms with Crippen LogP contribution in [0, 0.1) is 0 Å². The van der Waals surface area contributed by atoms with Crippen molar-refractivity contribution in [3.63, 3.8) is 0 Å². The van der Waals surface area contributed by atoms with Gasteiger partial charge in [-0.05, 0) is 40.1 Å². The summed E-state index contributed by atoms with van der Waals surface area (Å²) in [7, 11) is 1.46. The Morgan fingerprint density at radius 2 is 2.05 bits per heavy atom. The van der Waals surface area contributed by atoms with Crippen LogP contribution in [0.5, 0.6) is 0 Å². The maximum Gasteiger partial charge on any atom is 0.321 e. The van der Waals surface area contributed by atoms with E-state index in [2.05, 4.69) is 21.3 Å². The van der Waals surface area contributed by atoms with E-state index in [4.69, 9.17) is 0 Å². The average molecular weight is 289 g/mol. The Kier molecular flexibility index (Phi) is 4.73. The summed E-state index contributed by atoms with van der Waals surface area (Å²) in [5.74, 6) is -0.384. The highest BCUT2D eigenvalue weighted by atomic mass is 32.1. The summed E-state index contributed by atoms with van der Waals surface area (Å²) >= 11 is 1.64. The van der Waals surface area contributed by atoms with Crippen molar-refractivity contribution in [3.8, 4) is 11.1 Å². The molecule has 3 amide bonds. The Labute approximate surface area is 121 Å². The molecule has 20 heavy (non-hydrogen) atoms. The van der Waals surface area contributed by atoms with Gasteiger partial charge in [0.15, 0.2) is 0 Å². The molecule has 0 aliphatic rings. The molecule has 1 aromatic heterocycles. The quantitative estimate of drug-likeness (QED) is 0.808. The minimum absolute atomic E-state index is 0.0422. The molecule has 6 heteroatoms. The lowest BCUT2D eigenvalue weighted by atomic mass is 10.1. The van der Waals surface area contributed by atoms with Crippen LogP contribution in [0.2, 0.25) is 0 Å². The van der Waals surface area contributed by atoms with Crippen molar-refractivity contribution in [1.82, 2.24) is 10.6 Å². The second-order valence-electron chi connectivity index (χ2n) is 4.07. The van der Waals surface area contributed by atoms with E-state index < -0.39 is 6.03 Å². The van der Waals surface area contributed by atoms with Crippen LogP contribution >= 0.6 is 11.3 Å². The van der Waals surface area contributed by atoms with E-state index in [1.807, 2.05) is 35.7 Å². The minimum atomic E-state index is -0.510. The standard InChI is InChI=1S/C14H15N3O2S/c1-15-14(19)17-13(18)8-16-12-4-2-3-10(7-12)11-5-6-20-9-11/h2-7,9,16H,8H2,1H3,(H2,15,17,18,19). The van der Waals surface area contributed by atoms with Gasteiger partial charge in [0, 0.05) is 12.7 Å². The molecule has 2 rings (SSSR count). The molecule has 0 aliphatic heterocycles. The first-order valence-corrected chi connectivity index (χ1v) is 7.01. The molecular weight excluding hydrogens is 274 g/mol. The third-order valence-corrected chi connectivity index (χ3v) is 3.33. The van der Waals surface area contributed by atoms with E-state index in [0.717, 1.165) is 16.8 Å². The smallest absolute Gasteiger partial charge is 0.321 e. The lowest BCUT2D eigenvalue weighted by Gasteiger charge is -2.08. The maximum atomic E-state index is 11.5. The van der Waals surface area contributed by atoms with Crippen LogP contribution in [-0.4, -0.2) is 25.5 Å². The van der Waals surface area contributed by atoms with Crippen LogP contribution < -0.4 is 16.0 Å². The number of carbonyl (C=O) groups is 2. The molecule has 0 spiro atoms. The molecule has 104 valence electrons. The van der Waals surface area contributed by atoms with E-state index in [1.165, 1.54) is 7.05 Å². The van der Waals surface area contributed by atoms with Crippen molar-refractivity contribution in [2.75, 3.05) is 18.9 Å². The number of anilines is 1. The van der Waals surface area contributed by atoms with E-state index >= 15 is 0 Å². The van der Waals surface area contributed by atoms with Crippen molar-refractivity contribution in [1.29, 1.82) is 0 Å². The molecule has 1 heterocycles. The Balaban J connectivity index is 1.95. The molecule has 3 N–H and O–H groups in total. The fourth-order valence-corrected chi connectivity index (χ4v) is 2.32. The number of nitrogens with one attached hydrogen (secondary N) is 3. The number of amides is 3. The largest absolute Gasteiger partial charge is 0.376 e. The molecule has 0 radical (unpaired) electrons. The number of thiophene rings is 1. The van der Waals surface area contributed by atoms with Gasteiger partial charge in [-0.2, -0.15) is 11.3 Å². The fraction of sp³-hybridized carbons (Fsp3) is 0.143. The number of rotatable bonds is 4. The molecule has 0 aliphatic carbocycles. The molecule has 0 bridgehead atoms. The van der Waals surface area contributed by atoms with Crippen LogP contribution in [0.1, 0.15) is 0 Å². The lowest BCUT2D eigenvalue weighted by molar-refractivity contribution is -0.118. The first-order chi connectivity index (χ1) is 9.69. The Hall–Kier alpha value is -2.34. The lowest BCUT2D eigenvalue weighted by Crippen LogP contribution is -2.40. The number of hydrogen-bond acceptors (Lipinski definition) is 4. The summed E-state index contributed by atoms with van der Waals surface area (Å²) in [6.45, 7) is 0.0422. The van der Waals surface area contributed by atoms with Crippen LogP contribution in [0.4, 0.5) is 10.5 Å². The summed E-state index contributed by atoms with van der Waals surface area (Å²) in [6.07, 6.45) is 0. The summed E-state index contributed by atoms with van der Waals surface area (Å²) in [6, 6.07) is 9.31. The highest BCUT2D eigenvalue weighted by Crippen LogP contribution is 2.24. The zero-order chi connectivity index (χ0) is 14.4. The predicted octanol–water partition coefficient (Wildman–Crippen LogP) is 2.28. The summed E-state index contributed by atoms with van der Waals surface area (Å²) in [5, 5.41) is 11.6. The monoisotopic (exact) mass is 289 g/mol. The summed E-state index contributed by atoms with van der Waals surface area (Å²) in [5.41, 5.74) is 3.07. The summed E-state index contributed by atoms with van der Waals surface area (Å²) < 4.78 is 0. The van der Waals surface area contributed by atoms with E-state index in [0.29, 0.717) is 0 Å². The van der Waals surface area contributed by atoms with E-state index in [9.17, 15) is 9.59 Å². The molecule has 2 aromatic rings. The predicted molar refractivity (Wildman–Crippen MR) is 80.8 cm³/mol. The van der Waals surface area contributed by atoms with Crippen LogP contribution in [-0.2, 0) is 4.79 Å². The van der Waals surface area contributed by atoms with Crippen LogP contribution in [0.15, 0.2) is 41.1 Å². The van der Waals surface area contributed by atoms with Crippen molar-refractivity contribution in [3.05, 3.63) is 41.1 Å².